The molecule has 0 unspecified atom stereocenters. The molecule has 0 aliphatic heterocycles. The van der Waals surface area contributed by atoms with E-state index in [0.717, 1.165) is 0 Å². The first-order valence-corrected chi connectivity index (χ1v) is 6.27. The van der Waals surface area contributed by atoms with Gasteiger partial charge >= 0.3 is 0 Å². The molecule has 0 amide bonds. The van der Waals surface area contributed by atoms with Crippen LogP contribution in [-0.2, 0) is 0 Å². The largest absolute Gasteiger partial charge is 0.320 e. The molecule has 0 spiro atoms. The average molecular weight is 202 g/mol. The molecule has 0 saturated carbocycles. The van der Waals surface area contributed by atoms with Crippen LogP contribution in [0.1, 0.15) is 52.9 Å². The zero-order valence-electron chi connectivity index (χ0n) is 10.7. The van der Waals surface area contributed by atoms with Gasteiger partial charge in [-0.15, -0.1) is 0 Å². The lowest BCUT2D eigenvalue weighted by molar-refractivity contribution is 0.576. The first kappa shape index (κ1) is 16.4. The van der Waals surface area contributed by atoms with Crippen LogP contribution >= 0.6 is 0 Å². The van der Waals surface area contributed by atoms with E-state index in [1.54, 1.807) is 0 Å². The highest BCUT2D eigenvalue weighted by Gasteiger charge is 1.88. The predicted molar refractivity (Wildman–Crippen MR) is 66.9 cm³/mol. The highest BCUT2D eigenvalue weighted by atomic mass is 14.8. The second-order valence-electron chi connectivity index (χ2n) is 3.27. The van der Waals surface area contributed by atoms with Gasteiger partial charge in [0.15, 0.2) is 0 Å². The van der Waals surface area contributed by atoms with Gasteiger partial charge in [0.1, 0.15) is 0 Å². The van der Waals surface area contributed by atoms with E-state index in [4.69, 9.17) is 0 Å². The monoisotopic (exact) mass is 202 g/mol. The molecule has 0 saturated heterocycles. The SMILES string of the molecule is CC.CCCNCCCCCCNC. The van der Waals surface area contributed by atoms with Gasteiger partial charge in [-0.3, -0.25) is 0 Å². The lowest BCUT2D eigenvalue weighted by atomic mass is 10.2. The maximum absolute atomic E-state index is 3.41. The van der Waals surface area contributed by atoms with Crippen LogP contribution in [0.5, 0.6) is 0 Å². The van der Waals surface area contributed by atoms with Crippen molar-refractivity contribution in [3.63, 3.8) is 0 Å². The highest BCUT2D eigenvalue weighted by molar-refractivity contribution is 4.49. The molecule has 0 aromatic rings. The normalized spacial score (nSPS) is 9.43. The van der Waals surface area contributed by atoms with Gasteiger partial charge in [0.25, 0.3) is 0 Å². The van der Waals surface area contributed by atoms with Gasteiger partial charge in [-0.1, -0.05) is 33.6 Å². The molecule has 0 bridgehead atoms. The standard InChI is InChI=1S/C10H24N2.C2H6/c1-3-8-12-10-7-5-4-6-9-11-2;1-2/h11-12H,3-10H2,1-2H3;1-2H3. The molecule has 2 heteroatoms. The Morgan fingerprint density at radius 2 is 1.36 bits per heavy atom. The molecule has 0 aliphatic carbocycles. The molecule has 0 radical (unpaired) electrons. The van der Waals surface area contributed by atoms with Crippen LogP contribution in [0.25, 0.3) is 0 Å². The second kappa shape index (κ2) is 18.7. The van der Waals surface area contributed by atoms with Gasteiger partial charge < -0.3 is 10.6 Å². The number of rotatable bonds is 9. The summed E-state index contributed by atoms with van der Waals surface area (Å²) in [6.07, 6.45) is 6.65. The van der Waals surface area contributed by atoms with Crippen LogP contribution in [-0.4, -0.2) is 26.7 Å². The third kappa shape index (κ3) is 17.9. The second-order valence-corrected chi connectivity index (χ2v) is 3.27. The Balaban J connectivity index is 0. The number of hydrogen-bond acceptors (Lipinski definition) is 2. The molecule has 0 rings (SSSR count). The number of nitrogens with one attached hydrogen (secondary N) is 2. The van der Waals surface area contributed by atoms with Crippen LogP contribution in [0.4, 0.5) is 0 Å². The minimum absolute atomic E-state index is 1.17. The first-order chi connectivity index (χ1) is 6.91. The Morgan fingerprint density at radius 3 is 1.86 bits per heavy atom. The summed E-state index contributed by atoms with van der Waals surface area (Å²) in [5.74, 6) is 0. The quantitative estimate of drug-likeness (QED) is 0.562. The van der Waals surface area contributed by atoms with Crippen molar-refractivity contribution in [2.75, 3.05) is 26.7 Å². The lowest BCUT2D eigenvalue weighted by Crippen LogP contribution is -2.15. The lowest BCUT2D eigenvalue weighted by Gasteiger charge is -2.02. The van der Waals surface area contributed by atoms with Gasteiger partial charge in [-0.2, -0.15) is 0 Å². The van der Waals surface area contributed by atoms with E-state index in [2.05, 4.69) is 17.6 Å². The van der Waals surface area contributed by atoms with Crippen molar-refractivity contribution in [3.8, 4) is 0 Å². The molecular weight excluding hydrogens is 172 g/mol. The number of hydrogen-bond donors (Lipinski definition) is 2. The zero-order chi connectivity index (χ0) is 11.1. The molecule has 0 aromatic carbocycles. The molecule has 0 heterocycles. The Kier molecular flexibility index (Phi) is 21.8. The van der Waals surface area contributed by atoms with E-state index < -0.39 is 0 Å². The Bertz CT molecular complexity index is 64.7. The fraction of sp³-hybridized carbons (Fsp3) is 1.00. The van der Waals surface area contributed by atoms with Crippen molar-refractivity contribution in [2.24, 2.45) is 0 Å². The van der Waals surface area contributed by atoms with Crippen molar-refractivity contribution >= 4 is 0 Å². The van der Waals surface area contributed by atoms with Crippen molar-refractivity contribution in [3.05, 3.63) is 0 Å². The summed E-state index contributed by atoms with van der Waals surface area (Å²) < 4.78 is 0. The minimum Gasteiger partial charge on any atom is -0.320 e. The molecule has 0 aromatic heterocycles. The van der Waals surface area contributed by atoms with Gasteiger partial charge in [-0.25, -0.2) is 0 Å². The van der Waals surface area contributed by atoms with Crippen molar-refractivity contribution < 1.29 is 0 Å². The summed E-state index contributed by atoms with van der Waals surface area (Å²) in [5, 5.41) is 6.57. The van der Waals surface area contributed by atoms with Gasteiger partial charge in [-0.05, 0) is 45.9 Å². The maximum Gasteiger partial charge on any atom is -0.00489 e. The van der Waals surface area contributed by atoms with Crippen molar-refractivity contribution in [1.29, 1.82) is 0 Å². The van der Waals surface area contributed by atoms with Crippen LogP contribution < -0.4 is 10.6 Å². The molecule has 14 heavy (non-hydrogen) atoms. The minimum atomic E-state index is 1.17. The van der Waals surface area contributed by atoms with Crippen molar-refractivity contribution in [2.45, 2.75) is 52.9 Å². The summed E-state index contributed by atoms with van der Waals surface area (Å²) in [6.45, 7) is 9.76. The Hall–Kier alpha value is -0.0800. The van der Waals surface area contributed by atoms with E-state index in [1.807, 2.05) is 20.9 Å². The van der Waals surface area contributed by atoms with Crippen LogP contribution in [0, 0.1) is 0 Å². The zero-order valence-corrected chi connectivity index (χ0v) is 10.7. The summed E-state index contributed by atoms with van der Waals surface area (Å²) in [7, 11) is 2.02. The first-order valence-electron chi connectivity index (χ1n) is 6.27. The molecule has 0 atom stereocenters. The summed E-state index contributed by atoms with van der Waals surface area (Å²) in [4.78, 5) is 0. The molecule has 0 fully saturated rings. The number of unbranched alkanes of at least 4 members (excludes halogenated alkanes) is 3. The molecule has 2 nitrogen and oxygen atoms in total. The maximum atomic E-state index is 3.41. The van der Waals surface area contributed by atoms with E-state index in [1.165, 1.54) is 51.7 Å². The van der Waals surface area contributed by atoms with E-state index in [-0.39, 0.29) is 0 Å². The summed E-state index contributed by atoms with van der Waals surface area (Å²) in [6, 6.07) is 0. The summed E-state index contributed by atoms with van der Waals surface area (Å²) >= 11 is 0. The van der Waals surface area contributed by atoms with Crippen LogP contribution in [0.3, 0.4) is 0 Å². The van der Waals surface area contributed by atoms with Crippen molar-refractivity contribution in [1.82, 2.24) is 10.6 Å². The van der Waals surface area contributed by atoms with Gasteiger partial charge in [0, 0.05) is 0 Å². The van der Waals surface area contributed by atoms with Crippen LogP contribution in [0.2, 0.25) is 0 Å². The average Bonchev–Trinajstić information content (AvgIpc) is 2.25. The Labute approximate surface area is 90.9 Å². The van der Waals surface area contributed by atoms with E-state index >= 15 is 0 Å². The van der Waals surface area contributed by atoms with Gasteiger partial charge in [0.2, 0.25) is 0 Å². The highest BCUT2D eigenvalue weighted by Crippen LogP contribution is 1.97. The van der Waals surface area contributed by atoms with E-state index in [9.17, 15) is 0 Å². The summed E-state index contributed by atoms with van der Waals surface area (Å²) in [5.41, 5.74) is 0. The van der Waals surface area contributed by atoms with E-state index in [0.29, 0.717) is 0 Å². The third-order valence-electron chi connectivity index (χ3n) is 1.96. The smallest absolute Gasteiger partial charge is 0.00489 e. The predicted octanol–water partition coefficient (Wildman–Crippen LogP) is 2.79. The topological polar surface area (TPSA) is 24.1 Å². The third-order valence-corrected chi connectivity index (χ3v) is 1.96. The molecule has 0 aliphatic rings. The van der Waals surface area contributed by atoms with Crippen LogP contribution in [0.15, 0.2) is 0 Å². The Morgan fingerprint density at radius 1 is 0.786 bits per heavy atom. The molecule has 88 valence electrons. The fourth-order valence-electron chi connectivity index (χ4n) is 1.21. The fourth-order valence-corrected chi connectivity index (χ4v) is 1.21. The van der Waals surface area contributed by atoms with Gasteiger partial charge in [0.05, 0.1) is 0 Å². The molecular formula is C12H30N2. The molecule has 2 N–H and O–H groups in total.